The molecule has 0 aliphatic carbocycles. The second-order valence-corrected chi connectivity index (χ2v) is 12.2. The van der Waals surface area contributed by atoms with E-state index in [9.17, 15) is 18.0 Å². The summed E-state index contributed by atoms with van der Waals surface area (Å²) in [7, 11) is -4.23. The molecular weight excluding hydrogens is 581 g/mol. The quantitative estimate of drug-likeness (QED) is 0.281. The molecule has 2 amide bonds. The largest absolute Gasteiger partial charge is 0.352 e. The van der Waals surface area contributed by atoms with Crippen molar-refractivity contribution < 1.29 is 18.0 Å². The summed E-state index contributed by atoms with van der Waals surface area (Å²) in [6.07, 6.45) is 0.707. The lowest BCUT2D eigenvalue weighted by atomic mass is 10.1. The molecule has 208 valence electrons. The first kappa shape index (κ1) is 30.8. The predicted molar refractivity (Wildman–Crippen MR) is 157 cm³/mol. The lowest BCUT2D eigenvalue weighted by molar-refractivity contribution is -0.139. The van der Waals surface area contributed by atoms with Crippen LogP contribution in [0.4, 0.5) is 5.69 Å². The van der Waals surface area contributed by atoms with Crippen molar-refractivity contribution in [1.82, 2.24) is 10.2 Å². The zero-order valence-corrected chi connectivity index (χ0v) is 24.9. The average Bonchev–Trinajstić information content (AvgIpc) is 2.90. The first-order valence-electron chi connectivity index (χ1n) is 12.3. The Balaban J connectivity index is 2.05. The smallest absolute Gasteiger partial charge is 0.264 e. The van der Waals surface area contributed by atoms with E-state index < -0.39 is 28.5 Å². The Hall–Kier alpha value is -2.78. The lowest BCUT2D eigenvalue weighted by Crippen LogP contribution is -2.52. The number of nitrogens with zero attached hydrogens (tertiary/aromatic N) is 2. The maximum atomic E-state index is 13.9. The van der Waals surface area contributed by atoms with E-state index in [0.717, 1.165) is 4.31 Å². The van der Waals surface area contributed by atoms with Gasteiger partial charge < -0.3 is 10.2 Å². The van der Waals surface area contributed by atoms with Gasteiger partial charge in [-0.15, -0.1) is 0 Å². The first-order chi connectivity index (χ1) is 18.4. The molecule has 0 aliphatic rings. The number of carbonyl (C=O) groups excluding carboxylic acids is 2. The summed E-state index contributed by atoms with van der Waals surface area (Å²) >= 11 is 18.6. The molecule has 2 atom stereocenters. The molecule has 0 spiro atoms. The van der Waals surface area contributed by atoms with Crippen LogP contribution in [0.15, 0.2) is 77.7 Å². The minimum atomic E-state index is -4.23. The van der Waals surface area contributed by atoms with Gasteiger partial charge in [-0.2, -0.15) is 0 Å². The van der Waals surface area contributed by atoms with Gasteiger partial charge in [0.05, 0.1) is 15.6 Å². The fourth-order valence-corrected chi connectivity index (χ4v) is 6.02. The maximum Gasteiger partial charge on any atom is 0.264 e. The van der Waals surface area contributed by atoms with Gasteiger partial charge in [-0.1, -0.05) is 72.1 Å². The molecule has 11 heteroatoms. The van der Waals surface area contributed by atoms with Crippen LogP contribution in [0.1, 0.15) is 32.8 Å². The molecule has 0 bridgehead atoms. The highest BCUT2D eigenvalue weighted by Crippen LogP contribution is 2.33. The van der Waals surface area contributed by atoms with Crippen molar-refractivity contribution in [3.8, 4) is 0 Å². The van der Waals surface area contributed by atoms with E-state index in [1.807, 2.05) is 13.8 Å². The van der Waals surface area contributed by atoms with Crippen LogP contribution in [-0.4, -0.2) is 43.8 Å². The Morgan fingerprint density at radius 1 is 0.897 bits per heavy atom. The third kappa shape index (κ3) is 7.88. The number of hydrogen-bond acceptors (Lipinski definition) is 4. The van der Waals surface area contributed by atoms with Crippen LogP contribution >= 0.6 is 34.8 Å². The lowest BCUT2D eigenvalue weighted by Gasteiger charge is -2.32. The number of carbonyl (C=O) groups is 2. The normalized spacial score (nSPS) is 12.9. The zero-order chi connectivity index (χ0) is 28.7. The zero-order valence-electron chi connectivity index (χ0n) is 21.8. The number of sulfonamides is 1. The molecule has 0 aliphatic heterocycles. The molecule has 39 heavy (non-hydrogen) atoms. The molecular formula is C28H30Cl3N3O4S. The molecule has 3 aromatic rings. The molecule has 0 radical (unpaired) electrons. The Labute approximate surface area is 244 Å². The summed E-state index contributed by atoms with van der Waals surface area (Å²) < 4.78 is 28.5. The van der Waals surface area contributed by atoms with E-state index in [1.165, 1.54) is 35.2 Å². The van der Waals surface area contributed by atoms with E-state index >= 15 is 0 Å². The average molecular weight is 611 g/mol. The highest BCUT2D eigenvalue weighted by Gasteiger charge is 2.33. The number of rotatable bonds is 11. The van der Waals surface area contributed by atoms with Gasteiger partial charge in [-0.05, 0) is 68.3 Å². The molecule has 3 rings (SSSR count). The monoisotopic (exact) mass is 609 g/mol. The number of benzene rings is 3. The van der Waals surface area contributed by atoms with Gasteiger partial charge in [0.15, 0.2) is 0 Å². The van der Waals surface area contributed by atoms with E-state index in [4.69, 9.17) is 34.8 Å². The SMILES string of the molecule is CC[C@H](C)NC(=O)[C@@H](C)N(Cc1cccc(Cl)c1)C(=O)CN(c1ccc(Cl)cc1Cl)S(=O)(=O)c1ccccc1. The summed E-state index contributed by atoms with van der Waals surface area (Å²) in [5.41, 5.74) is 0.763. The highest BCUT2D eigenvalue weighted by molar-refractivity contribution is 7.92. The summed E-state index contributed by atoms with van der Waals surface area (Å²) in [5, 5.41) is 3.73. The van der Waals surface area contributed by atoms with Crippen LogP contribution < -0.4 is 9.62 Å². The van der Waals surface area contributed by atoms with Crippen molar-refractivity contribution in [2.24, 2.45) is 0 Å². The number of amides is 2. The van der Waals surface area contributed by atoms with Gasteiger partial charge in [0.2, 0.25) is 11.8 Å². The molecule has 0 saturated carbocycles. The Bertz CT molecular complexity index is 1420. The van der Waals surface area contributed by atoms with Crippen molar-refractivity contribution in [3.63, 3.8) is 0 Å². The van der Waals surface area contributed by atoms with Gasteiger partial charge in [-0.25, -0.2) is 8.42 Å². The van der Waals surface area contributed by atoms with Crippen LogP contribution in [-0.2, 0) is 26.2 Å². The number of nitrogens with one attached hydrogen (secondary N) is 1. The minimum Gasteiger partial charge on any atom is -0.352 e. The minimum absolute atomic E-state index is 0.0206. The molecule has 0 fully saturated rings. The van der Waals surface area contributed by atoms with E-state index in [0.29, 0.717) is 22.0 Å². The van der Waals surface area contributed by atoms with E-state index in [1.54, 1.807) is 49.4 Å². The predicted octanol–water partition coefficient (Wildman–Crippen LogP) is 6.17. The summed E-state index contributed by atoms with van der Waals surface area (Å²) in [5.74, 6) is -0.964. The summed E-state index contributed by atoms with van der Waals surface area (Å²) in [6.45, 7) is 4.82. The third-order valence-electron chi connectivity index (χ3n) is 6.20. The highest BCUT2D eigenvalue weighted by atomic mass is 35.5. The van der Waals surface area contributed by atoms with Crippen LogP contribution in [0, 0.1) is 0 Å². The third-order valence-corrected chi connectivity index (χ3v) is 8.75. The van der Waals surface area contributed by atoms with E-state index in [-0.39, 0.29) is 34.1 Å². The fourth-order valence-electron chi connectivity index (χ4n) is 3.80. The van der Waals surface area contributed by atoms with Crippen molar-refractivity contribution in [2.45, 2.75) is 50.7 Å². The van der Waals surface area contributed by atoms with Crippen molar-refractivity contribution in [2.75, 3.05) is 10.8 Å². The van der Waals surface area contributed by atoms with E-state index in [2.05, 4.69) is 5.32 Å². The van der Waals surface area contributed by atoms with Crippen molar-refractivity contribution in [1.29, 1.82) is 0 Å². The van der Waals surface area contributed by atoms with Gasteiger partial charge in [0.25, 0.3) is 10.0 Å². The van der Waals surface area contributed by atoms with Gasteiger partial charge >= 0.3 is 0 Å². The van der Waals surface area contributed by atoms with Crippen molar-refractivity contribution >= 4 is 62.3 Å². The van der Waals surface area contributed by atoms with Crippen LogP contribution in [0.2, 0.25) is 15.1 Å². The molecule has 0 saturated heterocycles. The Morgan fingerprint density at radius 3 is 2.18 bits per heavy atom. The molecule has 3 aromatic carbocycles. The standard InChI is InChI=1S/C28H30Cl3N3O4S/c1-4-19(2)32-28(36)20(3)33(17-21-9-8-10-22(29)15-21)27(35)18-34(26-14-13-23(30)16-25(26)31)39(37,38)24-11-6-5-7-12-24/h5-16,19-20H,4,17-18H2,1-3H3,(H,32,36)/t19-,20+/m0/s1. The van der Waals surface area contributed by atoms with Crippen LogP contribution in [0.25, 0.3) is 0 Å². The fraction of sp³-hybridized carbons (Fsp3) is 0.286. The van der Waals surface area contributed by atoms with Crippen molar-refractivity contribution in [3.05, 3.63) is 93.4 Å². The molecule has 0 aromatic heterocycles. The van der Waals surface area contributed by atoms with Gasteiger partial charge in [0.1, 0.15) is 12.6 Å². The van der Waals surface area contributed by atoms with Crippen LogP contribution in [0.5, 0.6) is 0 Å². The molecule has 7 nitrogen and oxygen atoms in total. The number of hydrogen-bond donors (Lipinski definition) is 1. The molecule has 0 unspecified atom stereocenters. The van der Waals surface area contributed by atoms with Gasteiger partial charge in [0, 0.05) is 22.6 Å². The number of halogens is 3. The summed E-state index contributed by atoms with van der Waals surface area (Å²) in [4.78, 5) is 28.3. The first-order valence-corrected chi connectivity index (χ1v) is 14.9. The second kappa shape index (κ2) is 13.5. The number of anilines is 1. The molecule has 0 heterocycles. The molecule has 1 N–H and O–H groups in total. The Kier molecular flexibility index (Phi) is 10.7. The Morgan fingerprint density at radius 2 is 1.56 bits per heavy atom. The maximum absolute atomic E-state index is 13.9. The van der Waals surface area contributed by atoms with Gasteiger partial charge in [-0.3, -0.25) is 13.9 Å². The second-order valence-electron chi connectivity index (χ2n) is 9.07. The van der Waals surface area contributed by atoms with Crippen LogP contribution in [0.3, 0.4) is 0 Å². The summed E-state index contributed by atoms with van der Waals surface area (Å²) in [6, 6.07) is 18.0. The topological polar surface area (TPSA) is 86.8 Å².